The molecule has 8 nitrogen and oxygen atoms in total. The van der Waals surface area contributed by atoms with Crippen molar-refractivity contribution in [3.63, 3.8) is 0 Å². The number of nitrogens with zero attached hydrogens (tertiary/aromatic N) is 1. The van der Waals surface area contributed by atoms with Crippen LogP contribution < -0.4 is 15.4 Å². The van der Waals surface area contributed by atoms with Gasteiger partial charge in [0, 0.05) is 35.5 Å². The topological polar surface area (TPSA) is 117 Å². The molecule has 1 saturated carbocycles. The number of aliphatic hydroxyl groups is 1. The highest BCUT2D eigenvalue weighted by molar-refractivity contribution is 6.15. The molecule has 41 heavy (non-hydrogen) atoms. The smallest absolute Gasteiger partial charge is 0.399 e. The lowest BCUT2D eigenvalue weighted by atomic mass is 9.88. The second-order valence-corrected chi connectivity index (χ2v) is 10.1. The standard InChI is InChI=1S/C29H28F4N4O4/c1-35-12-17-9-16(10-22(40-2)24(17)34)27(38)36-14-28(39,18-5-6-18)23-11-20-21(29(31,32)33)13-41-26(20)25(37-23)15-3-7-19(30)8-4-15/h3-4,7-12,18,21,34-35,39H,5-6,13-14H2,1-2H3,(H,36,38)/b17-12-,34-24?/t21-,28-/m1/s1. The molecule has 1 aromatic heterocycles. The average Bonchev–Trinajstić information content (AvgIpc) is 3.71. The molecular formula is C29H28F4N4O4. The SMILES string of the molecule is CN/C=C1/C=C(C(=O)NC[C@](O)(c2cc3c(c(-c4ccc(F)cc4)n2)OC[C@H]3C(F)(F)F)C2CC2)C=C(OC)C1=N. The molecule has 4 N–H and O–H groups in total. The number of carbonyl (C=O) groups is 1. The summed E-state index contributed by atoms with van der Waals surface area (Å²) in [5.41, 5.74) is -0.990. The first-order valence-electron chi connectivity index (χ1n) is 12.9. The Morgan fingerprint density at radius 3 is 2.56 bits per heavy atom. The van der Waals surface area contributed by atoms with Crippen LogP contribution in [0.3, 0.4) is 0 Å². The van der Waals surface area contributed by atoms with Crippen molar-refractivity contribution in [2.75, 3.05) is 27.3 Å². The summed E-state index contributed by atoms with van der Waals surface area (Å²) in [6.45, 7) is -0.977. The van der Waals surface area contributed by atoms with Crippen molar-refractivity contribution in [1.29, 1.82) is 5.41 Å². The van der Waals surface area contributed by atoms with Gasteiger partial charge in [-0.15, -0.1) is 0 Å². The van der Waals surface area contributed by atoms with E-state index >= 15 is 0 Å². The second-order valence-electron chi connectivity index (χ2n) is 10.1. The summed E-state index contributed by atoms with van der Waals surface area (Å²) >= 11 is 0. The first-order valence-corrected chi connectivity index (χ1v) is 12.9. The van der Waals surface area contributed by atoms with Crippen molar-refractivity contribution in [1.82, 2.24) is 15.6 Å². The summed E-state index contributed by atoms with van der Waals surface area (Å²) in [6.07, 6.45) is 0.969. The lowest BCUT2D eigenvalue weighted by molar-refractivity contribution is -0.151. The van der Waals surface area contributed by atoms with Crippen molar-refractivity contribution in [2.45, 2.75) is 30.5 Å². The van der Waals surface area contributed by atoms with Crippen LogP contribution in [0.15, 0.2) is 65.6 Å². The number of pyridine rings is 1. The maximum atomic E-state index is 13.9. The highest BCUT2D eigenvalue weighted by Crippen LogP contribution is 2.51. The minimum absolute atomic E-state index is 0.0404. The predicted molar refractivity (Wildman–Crippen MR) is 142 cm³/mol. The van der Waals surface area contributed by atoms with E-state index in [0.29, 0.717) is 24.0 Å². The van der Waals surface area contributed by atoms with Gasteiger partial charge in [0.2, 0.25) is 0 Å². The van der Waals surface area contributed by atoms with E-state index in [9.17, 15) is 27.5 Å². The number of halogens is 4. The number of rotatable bonds is 8. The van der Waals surface area contributed by atoms with Gasteiger partial charge in [0.1, 0.15) is 46.9 Å². The summed E-state index contributed by atoms with van der Waals surface area (Å²) in [7, 11) is 3.02. The van der Waals surface area contributed by atoms with Gasteiger partial charge in [-0.1, -0.05) is 0 Å². The molecule has 1 fully saturated rings. The molecule has 2 aromatic rings. The predicted octanol–water partition coefficient (Wildman–Crippen LogP) is 4.23. The number of benzene rings is 1. The van der Waals surface area contributed by atoms with Crippen LogP contribution >= 0.6 is 0 Å². The molecule has 0 radical (unpaired) electrons. The zero-order valence-corrected chi connectivity index (χ0v) is 22.2. The van der Waals surface area contributed by atoms with Crippen molar-refractivity contribution >= 4 is 11.6 Å². The molecule has 5 rings (SSSR count). The van der Waals surface area contributed by atoms with Crippen LogP contribution in [-0.2, 0) is 15.1 Å². The summed E-state index contributed by atoms with van der Waals surface area (Å²) in [4.78, 5) is 17.7. The molecular weight excluding hydrogens is 544 g/mol. The summed E-state index contributed by atoms with van der Waals surface area (Å²) < 4.78 is 66.1. The fraction of sp³-hybridized carbons (Fsp3) is 0.345. The number of allylic oxidation sites excluding steroid dienone is 2. The van der Waals surface area contributed by atoms with E-state index in [1.807, 2.05) is 0 Å². The Balaban J connectivity index is 1.52. The summed E-state index contributed by atoms with van der Waals surface area (Å²) in [5, 5.41) is 25.6. The van der Waals surface area contributed by atoms with Crippen LogP contribution in [-0.4, -0.2) is 55.2 Å². The number of methoxy groups -OCH3 is 1. The summed E-state index contributed by atoms with van der Waals surface area (Å²) in [5.74, 6) is -3.31. The van der Waals surface area contributed by atoms with Crippen LogP contribution in [0.1, 0.15) is 30.0 Å². The number of fused-ring (bicyclic) bond motifs is 1. The fourth-order valence-electron chi connectivity index (χ4n) is 5.04. The van der Waals surface area contributed by atoms with Crippen LogP contribution in [0.2, 0.25) is 0 Å². The van der Waals surface area contributed by atoms with Crippen LogP contribution in [0.25, 0.3) is 11.3 Å². The fourth-order valence-corrected chi connectivity index (χ4v) is 5.04. The van der Waals surface area contributed by atoms with E-state index in [1.165, 1.54) is 43.7 Å². The number of nitrogens with one attached hydrogen (secondary N) is 3. The van der Waals surface area contributed by atoms with E-state index < -0.39 is 36.0 Å². The Kier molecular flexibility index (Phi) is 7.37. The average molecular weight is 573 g/mol. The van der Waals surface area contributed by atoms with Gasteiger partial charge in [-0.2, -0.15) is 13.2 Å². The molecule has 1 aliphatic heterocycles. The molecule has 216 valence electrons. The van der Waals surface area contributed by atoms with Crippen LogP contribution in [0, 0.1) is 17.1 Å². The van der Waals surface area contributed by atoms with E-state index in [1.54, 1.807) is 7.05 Å². The number of ether oxygens (including phenoxy) is 2. The number of aromatic nitrogens is 1. The monoisotopic (exact) mass is 572 g/mol. The Bertz CT molecular complexity index is 1480. The third kappa shape index (κ3) is 5.43. The lowest BCUT2D eigenvalue weighted by Crippen LogP contribution is -2.43. The lowest BCUT2D eigenvalue weighted by Gasteiger charge is -2.30. The van der Waals surface area contributed by atoms with E-state index in [2.05, 4.69) is 15.6 Å². The van der Waals surface area contributed by atoms with Crippen molar-refractivity contribution in [3.8, 4) is 17.0 Å². The first-order chi connectivity index (χ1) is 19.5. The first kappa shape index (κ1) is 28.3. The normalized spacial score (nSPS) is 20.9. The number of hydrogen-bond acceptors (Lipinski definition) is 7. The zero-order valence-electron chi connectivity index (χ0n) is 22.2. The van der Waals surface area contributed by atoms with Gasteiger partial charge in [0.05, 0.1) is 19.3 Å². The molecule has 2 heterocycles. The third-order valence-electron chi connectivity index (χ3n) is 7.41. The van der Waals surface area contributed by atoms with Crippen LogP contribution in [0.5, 0.6) is 5.75 Å². The van der Waals surface area contributed by atoms with E-state index in [-0.39, 0.29) is 52.2 Å². The Hall–Kier alpha value is -4.19. The van der Waals surface area contributed by atoms with Crippen molar-refractivity contribution in [2.24, 2.45) is 5.92 Å². The molecule has 3 aliphatic rings. The number of hydrogen-bond donors (Lipinski definition) is 4. The van der Waals surface area contributed by atoms with Gasteiger partial charge in [-0.25, -0.2) is 9.37 Å². The second kappa shape index (κ2) is 10.7. The van der Waals surface area contributed by atoms with Crippen molar-refractivity contribution < 1.29 is 36.9 Å². The molecule has 0 spiro atoms. The van der Waals surface area contributed by atoms with Crippen LogP contribution in [0.4, 0.5) is 17.6 Å². The number of carbonyl (C=O) groups excluding carboxylic acids is 1. The number of amides is 1. The van der Waals surface area contributed by atoms with E-state index in [4.69, 9.17) is 14.9 Å². The van der Waals surface area contributed by atoms with Gasteiger partial charge < -0.3 is 25.2 Å². The van der Waals surface area contributed by atoms with Gasteiger partial charge in [-0.3, -0.25) is 10.2 Å². The molecule has 2 aliphatic carbocycles. The van der Waals surface area contributed by atoms with Gasteiger partial charge in [0.15, 0.2) is 0 Å². The highest BCUT2D eigenvalue weighted by atomic mass is 19.4. The molecule has 0 unspecified atom stereocenters. The zero-order chi connectivity index (χ0) is 29.5. The Morgan fingerprint density at radius 2 is 1.95 bits per heavy atom. The number of alkyl halides is 3. The van der Waals surface area contributed by atoms with Gasteiger partial charge >= 0.3 is 6.18 Å². The summed E-state index contributed by atoms with van der Waals surface area (Å²) in [6, 6.07) is 6.29. The Morgan fingerprint density at radius 1 is 1.24 bits per heavy atom. The molecule has 2 atom stereocenters. The minimum Gasteiger partial charge on any atom is -0.494 e. The Labute approximate surface area is 233 Å². The molecule has 0 bridgehead atoms. The molecule has 0 saturated heterocycles. The molecule has 12 heteroatoms. The highest BCUT2D eigenvalue weighted by Gasteiger charge is 2.51. The maximum Gasteiger partial charge on any atom is 0.399 e. The van der Waals surface area contributed by atoms with Crippen molar-refractivity contribution in [3.05, 3.63) is 82.7 Å². The van der Waals surface area contributed by atoms with E-state index in [0.717, 1.165) is 12.1 Å². The molecule has 1 aromatic carbocycles. The minimum atomic E-state index is -4.61. The molecule has 1 amide bonds. The van der Waals surface area contributed by atoms with Gasteiger partial charge in [-0.05, 0) is 61.2 Å². The third-order valence-corrected chi connectivity index (χ3v) is 7.41. The van der Waals surface area contributed by atoms with Gasteiger partial charge in [0.25, 0.3) is 5.91 Å². The maximum absolute atomic E-state index is 13.9. The largest absolute Gasteiger partial charge is 0.494 e. The quantitative estimate of drug-likeness (QED) is 0.352.